The number of hydrogen-bond acceptors (Lipinski definition) is 9. The lowest BCUT2D eigenvalue weighted by molar-refractivity contribution is -0.167. The van der Waals surface area contributed by atoms with Crippen LogP contribution < -0.4 is 0 Å². The molecule has 0 aromatic carbocycles. The monoisotopic (exact) mass is 383 g/mol. The van der Waals surface area contributed by atoms with Crippen molar-refractivity contribution in [1.29, 1.82) is 0 Å². The second-order valence-electron chi connectivity index (χ2n) is 6.11. The predicted octanol–water partition coefficient (Wildman–Crippen LogP) is 1.29. The number of hydrogen-bond donors (Lipinski definition) is 0. The zero-order chi connectivity index (χ0) is 20.4. The van der Waals surface area contributed by atoms with Crippen molar-refractivity contribution in [3.05, 3.63) is 23.4 Å². The van der Waals surface area contributed by atoms with Gasteiger partial charge in [0, 0.05) is 19.5 Å². The summed E-state index contributed by atoms with van der Waals surface area (Å²) in [5.41, 5.74) is 1.95. The summed E-state index contributed by atoms with van der Waals surface area (Å²) in [6, 6.07) is 0. The smallest absolute Gasteiger partial charge is 0.328 e. The van der Waals surface area contributed by atoms with E-state index in [1.807, 2.05) is 26.0 Å². The lowest BCUT2D eigenvalue weighted by Crippen LogP contribution is -2.38. The molecule has 0 saturated carbocycles. The topological polar surface area (TPSA) is 108 Å². The number of allylic oxidation sites excluding steroid dienone is 4. The average Bonchev–Trinajstić information content (AvgIpc) is 2.53. The third-order valence-corrected chi connectivity index (χ3v) is 3.64. The van der Waals surface area contributed by atoms with Crippen LogP contribution in [-0.2, 0) is 38.1 Å². The Kier molecular flexibility index (Phi) is 9.04. The molecule has 1 aliphatic rings. The molecule has 0 aromatic rings. The zero-order valence-electron chi connectivity index (χ0n) is 16.0. The normalized spacial score (nSPS) is 15.8. The number of rotatable bonds is 9. The minimum Gasteiger partial charge on any atom is -0.428 e. The Morgan fingerprint density at radius 2 is 1.41 bits per heavy atom. The van der Waals surface area contributed by atoms with Gasteiger partial charge in [-0.1, -0.05) is 18.6 Å². The first-order valence-corrected chi connectivity index (χ1v) is 8.39. The molecule has 0 amide bonds. The highest BCUT2D eigenvalue weighted by Gasteiger charge is 2.24. The van der Waals surface area contributed by atoms with E-state index in [0.29, 0.717) is 0 Å². The van der Waals surface area contributed by atoms with Crippen LogP contribution >= 0.6 is 0 Å². The van der Waals surface area contributed by atoms with Crippen molar-refractivity contribution in [2.75, 3.05) is 26.7 Å². The van der Waals surface area contributed by atoms with E-state index in [4.69, 9.17) is 9.47 Å². The van der Waals surface area contributed by atoms with Gasteiger partial charge in [0.05, 0.1) is 0 Å². The maximum absolute atomic E-state index is 12.0. The molecule has 1 unspecified atom stereocenters. The minimum atomic E-state index is -0.664. The summed E-state index contributed by atoms with van der Waals surface area (Å²) in [6.45, 7) is 4.92. The molecule has 1 aliphatic carbocycles. The number of nitrogens with zero attached hydrogens (tertiary/aromatic N) is 1. The van der Waals surface area contributed by atoms with Crippen LogP contribution in [0.25, 0.3) is 0 Å². The largest absolute Gasteiger partial charge is 0.428 e. The Morgan fingerprint density at radius 3 is 1.81 bits per heavy atom. The molecular formula is C18H25NO8. The number of ether oxygens (including phenoxy) is 4. The Bertz CT molecular complexity index is 603. The van der Waals surface area contributed by atoms with E-state index in [2.05, 4.69) is 9.47 Å². The van der Waals surface area contributed by atoms with Crippen molar-refractivity contribution in [1.82, 2.24) is 4.90 Å². The minimum absolute atomic E-state index is 0.0811. The summed E-state index contributed by atoms with van der Waals surface area (Å²) in [5, 5.41) is 0. The number of carbonyl (C=O) groups excluding carboxylic acids is 4. The van der Waals surface area contributed by atoms with Crippen LogP contribution in [0.15, 0.2) is 23.4 Å². The van der Waals surface area contributed by atoms with Crippen molar-refractivity contribution < 1.29 is 38.1 Å². The van der Waals surface area contributed by atoms with Crippen LogP contribution in [-0.4, -0.2) is 55.5 Å². The molecule has 0 radical (unpaired) electrons. The maximum Gasteiger partial charge on any atom is 0.328 e. The summed E-state index contributed by atoms with van der Waals surface area (Å²) in [4.78, 5) is 47.0. The molecule has 0 N–H and O–H groups in total. The van der Waals surface area contributed by atoms with Gasteiger partial charge in [0.25, 0.3) is 0 Å². The first-order chi connectivity index (χ1) is 12.7. The molecule has 1 rings (SSSR count). The van der Waals surface area contributed by atoms with Gasteiger partial charge in [0.2, 0.25) is 13.6 Å². The van der Waals surface area contributed by atoms with Gasteiger partial charge >= 0.3 is 23.9 Å². The third kappa shape index (κ3) is 8.89. The second kappa shape index (κ2) is 11.0. The fraction of sp³-hybridized carbons (Fsp3) is 0.556. The van der Waals surface area contributed by atoms with Gasteiger partial charge in [-0.3, -0.25) is 19.2 Å². The second-order valence-corrected chi connectivity index (χ2v) is 6.11. The van der Waals surface area contributed by atoms with E-state index >= 15 is 0 Å². The van der Waals surface area contributed by atoms with E-state index < -0.39 is 37.5 Å². The highest BCUT2D eigenvalue weighted by atomic mass is 16.7. The fourth-order valence-electron chi connectivity index (χ4n) is 2.46. The van der Waals surface area contributed by atoms with Crippen molar-refractivity contribution in [2.45, 2.75) is 34.1 Å². The quantitative estimate of drug-likeness (QED) is 0.430. The van der Waals surface area contributed by atoms with Gasteiger partial charge in [0.1, 0.15) is 13.1 Å². The first-order valence-electron chi connectivity index (χ1n) is 8.39. The first kappa shape index (κ1) is 22.2. The van der Waals surface area contributed by atoms with Crippen molar-refractivity contribution in [2.24, 2.45) is 5.92 Å². The highest BCUT2D eigenvalue weighted by Crippen LogP contribution is 2.27. The molecule has 150 valence electrons. The predicted molar refractivity (Wildman–Crippen MR) is 92.6 cm³/mol. The Morgan fingerprint density at radius 1 is 0.926 bits per heavy atom. The third-order valence-electron chi connectivity index (χ3n) is 3.64. The van der Waals surface area contributed by atoms with Crippen molar-refractivity contribution >= 4 is 23.9 Å². The van der Waals surface area contributed by atoms with Crippen LogP contribution in [0.1, 0.15) is 34.1 Å². The molecule has 0 fully saturated rings. The van der Waals surface area contributed by atoms with Gasteiger partial charge in [-0.05, 0) is 25.3 Å². The Labute approximate surface area is 157 Å². The van der Waals surface area contributed by atoms with Crippen molar-refractivity contribution in [3.63, 3.8) is 0 Å². The molecule has 27 heavy (non-hydrogen) atoms. The molecule has 0 spiro atoms. The number of carbonyl (C=O) groups is 4. The summed E-state index contributed by atoms with van der Waals surface area (Å²) < 4.78 is 18.8. The van der Waals surface area contributed by atoms with E-state index in [0.717, 1.165) is 12.1 Å². The molecular weight excluding hydrogens is 358 g/mol. The molecule has 0 heterocycles. The molecule has 0 saturated heterocycles. The van der Waals surface area contributed by atoms with E-state index in [1.165, 1.54) is 24.3 Å². The van der Waals surface area contributed by atoms with E-state index in [9.17, 15) is 19.2 Å². The molecule has 9 nitrogen and oxygen atoms in total. The average molecular weight is 383 g/mol. The molecule has 0 bridgehead atoms. The van der Waals surface area contributed by atoms with E-state index in [-0.39, 0.29) is 19.0 Å². The maximum atomic E-state index is 12.0. The van der Waals surface area contributed by atoms with Crippen LogP contribution in [0.5, 0.6) is 0 Å². The highest BCUT2D eigenvalue weighted by molar-refractivity contribution is 5.76. The van der Waals surface area contributed by atoms with Gasteiger partial charge < -0.3 is 23.8 Å². The van der Waals surface area contributed by atoms with Gasteiger partial charge in [0.15, 0.2) is 0 Å². The van der Waals surface area contributed by atoms with E-state index in [1.54, 1.807) is 0 Å². The lowest BCUT2D eigenvalue weighted by Gasteiger charge is -2.31. The summed E-state index contributed by atoms with van der Waals surface area (Å²) in [6.07, 6.45) is 4.53. The molecule has 9 heteroatoms. The van der Waals surface area contributed by atoms with Gasteiger partial charge in [-0.2, -0.15) is 0 Å². The molecule has 1 atom stereocenters. The summed E-state index contributed by atoms with van der Waals surface area (Å²) in [7, 11) is 0. The van der Waals surface area contributed by atoms with Crippen LogP contribution in [0, 0.1) is 5.92 Å². The summed E-state index contributed by atoms with van der Waals surface area (Å²) in [5.74, 6) is -2.39. The van der Waals surface area contributed by atoms with Gasteiger partial charge in [-0.25, -0.2) is 0 Å². The zero-order valence-corrected chi connectivity index (χ0v) is 16.0. The van der Waals surface area contributed by atoms with Crippen LogP contribution in [0.2, 0.25) is 0 Å². The molecule has 0 aliphatic heterocycles. The fourth-order valence-corrected chi connectivity index (χ4v) is 2.46. The Balaban J connectivity index is 2.74. The standard InChI is InChI=1S/C18H25NO8/c1-12-5-6-16(13(2)7-12)19(8-17(22)26-10-24-14(3)20)9-18(23)27-11-25-15(4)21/h5-6,13H,7-11H2,1-4H3. The van der Waals surface area contributed by atoms with Crippen molar-refractivity contribution in [3.8, 4) is 0 Å². The molecule has 0 aromatic heterocycles. The lowest BCUT2D eigenvalue weighted by atomic mass is 9.92. The summed E-state index contributed by atoms with van der Waals surface area (Å²) >= 11 is 0. The SMILES string of the molecule is CC(=O)OCOC(=O)CN(CC(=O)OCOC(C)=O)C1=CC=C(C)CC1C. The van der Waals surface area contributed by atoms with Gasteiger partial charge in [-0.15, -0.1) is 0 Å². The van der Waals surface area contributed by atoms with Crippen LogP contribution in [0.3, 0.4) is 0 Å². The Hall–Kier alpha value is -2.84. The van der Waals surface area contributed by atoms with Crippen LogP contribution in [0.4, 0.5) is 0 Å². The number of esters is 4.